The fourth-order valence-electron chi connectivity index (χ4n) is 2.26. The number of aliphatic hydroxyl groups is 1. The second-order valence-corrected chi connectivity index (χ2v) is 4.70. The predicted octanol–water partition coefficient (Wildman–Crippen LogP) is 2.65. The second kappa shape index (κ2) is 5.36. The molecular formula is C15H20N2O. The average Bonchev–Trinajstić information content (AvgIpc) is 2.83. The largest absolute Gasteiger partial charge is 0.385 e. The summed E-state index contributed by atoms with van der Waals surface area (Å²) < 4.78 is 1.86. The first kappa shape index (κ1) is 12.8. The first-order chi connectivity index (χ1) is 8.65. The highest BCUT2D eigenvalue weighted by molar-refractivity contribution is 5.22. The molecule has 3 nitrogen and oxygen atoms in total. The Hall–Kier alpha value is -1.61. The molecule has 1 N–H and O–H groups in total. The Morgan fingerprint density at radius 3 is 2.50 bits per heavy atom. The van der Waals surface area contributed by atoms with Gasteiger partial charge in [0.25, 0.3) is 0 Å². The van der Waals surface area contributed by atoms with Crippen molar-refractivity contribution in [1.29, 1.82) is 0 Å². The van der Waals surface area contributed by atoms with E-state index in [1.165, 1.54) is 0 Å². The predicted molar refractivity (Wildman–Crippen MR) is 72.2 cm³/mol. The number of rotatable bonds is 5. The third kappa shape index (κ3) is 2.62. The minimum atomic E-state index is -0.745. The van der Waals surface area contributed by atoms with Gasteiger partial charge in [-0.05, 0) is 30.9 Å². The van der Waals surface area contributed by atoms with Crippen LogP contribution in [0.3, 0.4) is 0 Å². The van der Waals surface area contributed by atoms with Gasteiger partial charge in [0.1, 0.15) is 0 Å². The van der Waals surface area contributed by atoms with E-state index in [-0.39, 0.29) is 0 Å². The van der Waals surface area contributed by atoms with Crippen molar-refractivity contribution in [2.75, 3.05) is 0 Å². The van der Waals surface area contributed by atoms with Gasteiger partial charge in [-0.1, -0.05) is 37.3 Å². The molecule has 0 amide bonds. The van der Waals surface area contributed by atoms with Crippen LogP contribution in [0.4, 0.5) is 0 Å². The van der Waals surface area contributed by atoms with Crippen molar-refractivity contribution >= 4 is 0 Å². The van der Waals surface area contributed by atoms with E-state index in [1.54, 1.807) is 6.20 Å². The zero-order valence-electron chi connectivity index (χ0n) is 11.0. The van der Waals surface area contributed by atoms with Crippen molar-refractivity contribution in [3.63, 3.8) is 0 Å². The second-order valence-electron chi connectivity index (χ2n) is 4.70. The molecule has 0 bridgehead atoms. The summed E-state index contributed by atoms with van der Waals surface area (Å²) in [4.78, 5) is 0. The highest BCUT2D eigenvalue weighted by Gasteiger charge is 2.26. The maximum Gasteiger partial charge on any atom is 0.0897 e. The molecule has 0 spiro atoms. The van der Waals surface area contributed by atoms with Crippen LogP contribution in [0.1, 0.15) is 31.0 Å². The Morgan fingerprint density at radius 2 is 1.94 bits per heavy atom. The van der Waals surface area contributed by atoms with Gasteiger partial charge in [-0.25, -0.2) is 0 Å². The van der Waals surface area contributed by atoms with Crippen molar-refractivity contribution in [3.05, 3.63) is 53.9 Å². The molecule has 1 heterocycles. The van der Waals surface area contributed by atoms with Crippen LogP contribution in [-0.4, -0.2) is 14.9 Å². The first-order valence-electron chi connectivity index (χ1n) is 6.40. The van der Waals surface area contributed by atoms with E-state index in [4.69, 9.17) is 0 Å². The van der Waals surface area contributed by atoms with Crippen LogP contribution in [0.5, 0.6) is 0 Å². The topological polar surface area (TPSA) is 38.1 Å². The van der Waals surface area contributed by atoms with Crippen molar-refractivity contribution in [2.45, 2.75) is 31.8 Å². The van der Waals surface area contributed by atoms with Gasteiger partial charge in [0.15, 0.2) is 0 Å². The maximum absolute atomic E-state index is 10.8. The number of hydrogen-bond acceptors (Lipinski definition) is 2. The summed E-state index contributed by atoms with van der Waals surface area (Å²) in [5.41, 5.74) is 1.40. The van der Waals surface area contributed by atoms with E-state index in [1.807, 2.05) is 55.1 Å². The van der Waals surface area contributed by atoms with Gasteiger partial charge in [0.05, 0.1) is 5.60 Å². The molecular weight excluding hydrogens is 224 g/mol. The molecule has 2 rings (SSSR count). The van der Waals surface area contributed by atoms with Crippen LogP contribution >= 0.6 is 0 Å². The number of hydrogen-bond donors (Lipinski definition) is 1. The minimum Gasteiger partial charge on any atom is -0.385 e. The Kier molecular flexibility index (Phi) is 3.82. The van der Waals surface area contributed by atoms with E-state index in [0.29, 0.717) is 6.42 Å². The third-order valence-corrected chi connectivity index (χ3v) is 3.61. The molecule has 0 aliphatic heterocycles. The third-order valence-electron chi connectivity index (χ3n) is 3.61. The molecule has 1 aromatic carbocycles. The van der Waals surface area contributed by atoms with Crippen LogP contribution in [0.2, 0.25) is 0 Å². The van der Waals surface area contributed by atoms with Crippen LogP contribution in [0, 0.1) is 0 Å². The summed E-state index contributed by atoms with van der Waals surface area (Å²) >= 11 is 0. The van der Waals surface area contributed by atoms with Crippen LogP contribution in [0.15, 0.2) is 42.6 Å². The quantitative estimate of drug-likeness (QED) is 0.878. The number of nitrogens with zero attached hydrogens (tertiary/aromatic N) is 2. The smallest absolute Gasteiger partial charge is 0.0897 e. The Morgan fingerprint density at radius 1 is 1.22 bits per heavy atom. The van der Waals surface area contributed by atoms with Crippen molar-refractivity contribution in [1.82, 2.24) is 9.78 Å². The van der Waals surface area contributed by atoms with E-state index in [2.05, 4.69) is 5.10 Å². The van der Waals surface area contributed by atoms with Gasteiger partial charge in [0, 0.05) is 18.9 Å². The van der Waals surface area contributed by atoms with Crippen LogP contribution < -0.4 is 0 Å². The normalized spacial score (nSPS) is 14.4. The standard InChI is InChI=1S/C15H20N2O/c1-3-15(18,13-7-5-4-6-8-13)11-9-14-10-12-16-17(14)2/h4-8,10,12,18H,3,9,11H2,1-2H3. The maximum atomic E-state index is 10.8. The Labute approximate surface area is 108 Å². The van der Waals surface area contributed by atoms with Crippen molar-refractivity contribution < 1.29 is 5.11 Å². The molecule has 3 heteroatoms. The monoisotopic (exact) mass is 244 g/mol. The molecule has 0 saturated heterocycles. The van der Waals surface area contributed by atoms with Gasteiger partial charge in [-0.15, -0.1) is 0 Å². The lowest BCUT2D eigenvalue weighted by Crippen LogP contribution is -2.25. The van der Waals surface area contributed by atoms with Gasteiger partial charge in [0.2, 0.25) is 0 Å². The Bertz CT molecular complexity index is 492. The van der Waals surface area contributed by atoms with Crippen molar-refractivity contribution in [2.24, 2.45) is 7.05 Å². The number of benzene rings is 1. The summed E-state index contributed by atoms with van der Waals surface area (Å²) in [6, 6.07) is 11.9. The SMILES string of the molecule is CCC(O)(CCc1ccnn1C)c1ccccc1. The zero-order valence-corrected chi connectivity index (χ0v) is 11.0. The summed E-state index contributed by atoms with van der Waals surface area (Å²) in [6.45, 7) is 2.02. The fourth-order valence-corrected chi connectivity index (χ4v) is 2.26. The molecule has 0 saturated carbocycles. The van der Waals surface area contributed by atoms with Crippen LogP contribution in [0.25, 0.3) is 0 Å². The highest BCUT2D eigenvalue weighted by Crippen LogP contribution is 2.29. The average molecular weight is 244 g/mol. The molecule has 0 radical (unpaired) electrons. The molecule has 0 fully saturated rings. The summed E-state index contributed by atoms with van der Waals surface area (Å²) in [6.07, 6.45) is 4.06. The minimum absolute atomic E-state index is 0.715. The van der Waals surface area contributed by atoms with E-state index >= 15 is 0 Å². The lowest BCUT2D eigenvalue weighted by Gasteiger charge is -2.27. The van der Waals surface area contributed by atoms with Gasteiger partial charge >= 0.3 is 0 Å². The number of aromatic nitrogens is 2. The summed E-state index contributed by atoms with van der Waals surface area (Å²) in [7, 11) is 1.93. The lowest BCUT2D eigenvalue weighted by molar-refractivity contribution is 0.0232. The highest BCUT2D eigenvalue weighted by atomic mass is 16.3. The molecule has 2 aromatic rings. The van der Waals surface area contributed by atoms with Gasteiger partial charge < -0.3 is 5.11 Å². The molecule has 1 unspecified atom stereocenters. The lowest BCUT2D eigenvalue weighted by atomic mass is 9.86. The zero-order chi connectivity index (χ0) is 13.0. The number of aryl methyl sites for hydroxylation is 2. The van der Waals surface area contributed by atoms with E-state index in [0.717, 1.165) is 24.1 Å². The molecule has 1 atom stereocenters. The van der Waals surface area contributed by atoms with Gasteiger partial charge in [-0.3, -0.25) is 4.68 Å². The molecule has 0 aliphatic carbocycles. The molecule has 96 valence electrons. The molecule has 18 heavy (non-hydrogen) atoms. The van der Waals surface area contributed by atoms with E-state index < -0.39 is 5.60 Å². The molecule has 0 aliphatic rings. The van der Waals surface area contributed by atoms with Gasteiger partial charge in [-0.2, -0.15) is 5.10 Å². The fraction of sp³-hybridized carbons (Fsp3) is 0.400. The van der Waals surface area contributed by atoms with E-state index in [9.17, 15) is 5.11 Å². The molecule has 1 aromatic heterocycles. The Balaban J connectivity index is 2.12. The summed E-state index contributed by atoms with van der Waals surface area (Å²) in [5.74, 6) is 0. The summed E-state index contributed by atoms with van der Waals surface area (Å²) in [5, 5.41) is 14.9. The first-order valence-corrected chi connectivity index (χ1v) is 6.40. The van der Waals surface area contributed by atoms with Crippen molar-refractivity contribution in [3.8, 4) is 0 Å². The van der Waals surface area contributed by atoms with Crippen LogP contribution in [-0.2, 0) is 19.1 Å².